The first kappa shape index (κ1) is 22.6. The molecule has 11 heteroatoms. The number of hydrogen-bond acceptors (Lipinski definition) is 5. The SMILES string of the molecule is CN(Cc1ccccc1)C(=O)Oc1cnc(Nc2c(Cl)cccc2Cl)nc1C(F)(F)F. The fourth-order valence-electron chi connectivity index (χ4n) is 2.53. The number of rotatable bonds is 5. The van der Waals surface area contributed by atoms with Crippen molar-refractivity contribution in [1.82, 2.24) is 14.9 Å². The Balaban J connectivity index is 1.82. The van der Waals surface area contributed by atoms with Gasteiger partial charge < -0.3 is 15.0 Å². The molecule has 0 saturated carbocycles. The number of carbonyl (C=O) groups is 1. The largest absolute Gasteiger partial charge is 0.437 e. The van der Waals surface area contributed by atoms with Crippen LogP contribution in [0.15, 0.2) is 54.7 Å². The Morgan fingerprint density at radius 1 is 1.10 bits per heavy atom. The van der Waals surface area contributed by atoms with E-state index in [4.69, 9.17) is 27.9 Å². The fourth-order valence-corrected chi connectivity index (χ4v) is 3.02. The lowest BCUT2D eigenvalue weighted by molar-refractivity contribution is -0.142. The summed E-state index contributed by atoms with van der Waals surface area (Å²) in [6.45, 7) is 0.145. The lowest BCUT2D eigenvalue weighted by Crippen LogP contribution is -2.30. The van der Waals surface area contributed by atoms with Crippen LogP contribution in [0.3, 0.4) is 0 Å². The molecule has 0 bridgehead atoms. The van der Waals surface area contributed by atoms with Crippen molar-refractivity contribution in [3.8, 4) is 5.75 Å². The normalized spacial score (nSPS) is 11.2. The first-order chi connectivity index (χ1) is 14.6. The Kier molecular flexibility index (Phi) is 6.87. The van der Waals surface area contributed by atoms with Gasteiger partial charge in [0.2, 0.25) is 5.95 Å². The maximum atomic E-state index is 13.5. The van der Waals surface area contributed by atoms with Crippen LogP contribution in [0.1, 0.15) is 11.3 Å². The Bertz CT molecular complexity index is 1060. The molecule has 1 N–H and O–H groups in total. The van der Waals surface area contributed by atoms with Gasteiger partial charge in [-0.2, -0.15) is 13.2 Å². The second-order valence-electron chi connectivity index (χ2n) is 6.34. The van der Waals surface area contributed by atoms with Crippen LogP contribution in [-0.2, 0) is 12.7 Å². The van der Waals surface area contributed by atoms with E-state index in [2.05, 4.69) is 15.3 Å². The summed E-state index contributed by atoms with van der Waals surface area (Å²) in [7, 11) is 1.40. The highest BCUT2D eigenvalue weighted by Crippen LogP contribution is 2.37. The van der Waals surface area contributed by atoms with Crippen molar-refractivity contribution in [3.05, 3.63) is 76.0 Å². The van der Waals surface area contributed by atoms with Crippen molar-refractivity contribution in [1.29, 1.82) is 0 Å². The average Bonchev–Trinajstić information content (AvgIpc) is 2.71. The highest BCUT2D eigenvalue weighted by Gasteiger charge is 2.38. The zero-order valence-corrected chi connectivity index (χ0v) is 17.5. The van der Waals surface area contributed by atoms with Crippen LogP contribution >= 0.6 is 23.2 Å². The molecule has 0 radical (unpaired) electrons. The Morgan fingerprint density at radius 2 is 1.74 bits per heavy atom. The predicted molar refractivity (Wildman–Crippen MR) is 111 cm³/mol. The van der Waals surface area contributed by atoms with E-state index >= 15 is 0 Å². The lowest BCUT2D eigenvalue weighted by Gasteiger charge is -2.19. The number of halogens is 5. The molecule has 1 aromatic heterocycles. The summed E-state index contributed by atoms with van der Waals surface area (Å²) in [6.07, 6.45) is -5.14. The predicted octanol–water partition coefficient (Wildman–Crippen LogP) is 6.18. The van der Waals surface area contributed by atoms with Gasteiger partial charge in [0.1, 0.15) is 0 Å². The van der Waals surface area contributed by atoms with E-state index in [9.17, 15) is 18.0 Å². The number of carbonyl (C=O) groups excluding carboxylic acids is 1. The number of nitrogens with zero attached hydrogens (tertiary/aromatic N) is 3. The highest BCUT2D eigenvalue weighted by atomic mass is 35.5. The number of ether oxygens (including phenoxy) is 1. The van der Waals surface area contributed by atoms with E-state index < -0.39 is 29.7 Å². The van der Waals surface area contributed by atoms with Crippen LogP contribution in [0, 0.1) is 0 Å². The molecule has 0 saturated heterocycles. The molecule has 0 fully saturated rings. The van der Waals surface area contributed by atoms with Gasteiger partial charge in [0.15, 0.2) is 11.4 Å². The molecule has 1 amide bonds. The number of amides is 1. The van der Waals surface area contributed by atoms with E-state index in [0.717, 1.165) is 16.7 Å². The molecule has 3 aromatic rings. The molecule has 2 aromatic carbocycles. The zero-order chi connectivity index (χ0) is 22.6. The lowest BCUT2D eigenvalue weighted by atomic mass is 10.2. The van der Waals surface area contributed by atoms with Crippen molar-refractivity contribution in [3.63, 3.8) is 0 Å². The molecule has 162 valence electrons. The van der Waals surface area contributed by atoms with Crippen LogP contribution in [0.4, 0.5) is 29.6 Å². The molecule has 0 aliphatic heterocycles. The summed E-state index contributed by atoms with van der Waals surface area (Å²) >= 11 is 12.0. The van der Waals surface area contributed by atoms with Crippen molar-refractivity contribution in [2.45, 2.75) is 12.7 Å². The van der Waals surface area contributed by atoms with Gasteiger partial charge in [0, 0.05) is 13.6 Å². The summed E-state index contributed by atoms with van der Waals surface area (Å²) in [6, 6.07) is 13.5. The van der Waals surface area contributed by atoms with E-state index in [1.807, 2.05) is 0 Å². The van der Waals surface area contributed by atoms with Gasteiger partial charge in [-0.15, -0.1) is 0 Å². The summed E-state index contributed by atoms with van der Waals surface area (Å²) < 4.78 is 45.6. The number of hydrogen-bond donors (Lipinski definition) is 1. The van der Waals surface area contributed by atoms with E-state index in [0.29, 0.717) is 0 Å². The van der Waals surface area contributed by atoms with Crippen LogP contribution in [0.5, 0.6) is 5.75 Å². The monoisotopic (exact) mass is 470 g/mol. The van der Waals surface area contributed by atoms with E-state index in [1.165, 1.54) is 19.2 Å². The zero-order valence-electron chi connectivity index (χ0n) is 16.0. The first-order valence-electron chi connectivity index (χ1n) is 8.77. The fraction of sp³-hybridized carbons (Fsp3) is 0.150. The molecular weight excluding hydrogens is 456 g/mol. The molecule has 31 heavy (non-hydrogen) atoms. The second kappa shape index (κ2) is 9.40. The van der Waals surface area contributed by atoms with Crippen molar-refractivity contribution >= 4 is 40.9 Å². The maximum absolute atomic E-state index is 13.5. The number of anilines is 2. The van der Waals surface area contributed by atoms with Crippen molar-refractivity contribution in [2.75, 3.05) is 12.4 Å². The average molecular weight is 471 g/mol. The van der Waals surface area contributed by atoms with E-state index in [1.54, 1.807) is 36.4 Å². The third kappa shape index (κ3) is 5.77. The van der Waals surface area contributed by atoms with Gasteiger partial charge in [-0.25, -0.2) is 14.8 Å². The molecule has 6 nitrogen and oxygen atoms in total. The molecule has 1 heterocycles. The summed E-state index contributed by atoms with van der Waals surface area (Å²) in [5.41, 5.74) is -0.494. The van der Waals surface area contributed by atoms with Crippen molar-refractivity contribution in [2.24, 2.45) is 0 Å². The number of alkyl halides is 3. The Labute approximate surface area is 185 Å². The minimum absolute atomic E-state index is 0.145. The third-order valence-electron chi connectivity index (χ3n) is 3.99. The molecule has 0 aliphatic rings. The quantitative estimate of drug-likeness (QED) is 0.482. The molecule has 0 aliphatic carbocycles. The summed E-state index contributed by atoms with van der Waals surface area (Å²) in [4.78, 5) is 20.7. The minimum atomic E-state index is -4.91. The number of aromatic nitrogens is 2. The van der Waals surface area contributed by atoms with Crippen molar-refractivity contribution < 1.29 is 22.7 Å². The molecule has 3 rings (SSSR count). The second-order valence-corrected chi connectivity index (χ2v) is 7.15. The number of para-hydroxylation sites is 1. The van der Waals surface area contributed by atoms with Gasteiger partial charge in [0.25, 0.3) is 0 Å². The van der Waals surface area contributed by atoms with Crippen LogP contribution in [0.2, 0.25) is 10.0 Å². The topological polar surface area (TPSA) is 67.4 Å². The van der Waals surface area contributed by atoms with Gasteiger partial charge >= 0.3 is 12.3 Å². The van der Waals surface area contributed by atoms with Crippen LogP contribution in [-0.4, -0.2) is 28.0 Å². The molecule has 0 unspecified atom stereocenters. The van der Waals surface area contributed by atoms with Gasteiger partial charge in [-0.1, -0.05) is 59.6 Å². The molecular formula is C20H15Cl2F3N4O2. The van der Waals surface area contributed by atoms with E-state index in [-0.39, 0.29) is 22.3 Å². The molecule has 0 atom stereocenters. The maximum Gasteiger partial charge on any atom is 0.437 e. The van der Waals surface area contributed by atoms with Gasteiger partial charge in [-0.05, 0) is 17.7 Å². The minimum Gasteiger partial charge on any atom is -0.406 e. The van der Waals surface area contributed by atoms with Crippen LogP contribution < -0.4 is 10.1 Å². The number of nitrogens with one attached hydrogen (secondary N) is 1. The smallest absolute Gasteiger partial charge is 0.406 e. The standard InChI is InChI=1S/C20H15Cl2F3N4O2/c1-29(11-12-6-3-2-4-7-12)19(30)31-15-10-26-18(28-17(15)20(23,24)25)27-16-13(21)8-5-9-14(16)22/h2-10H,11H2,1H3,(H,26,27,28). The summed E-state index contributed by atoms with van der Waals surface area (Å²) in [5.74, 6) is -1.24. The summed E-state index contributed by atoms with van der Waals surface area (Å²) in [5, 5.41) is 2.89. The first-order valence-corrected chi connectivity index (χ1v) is 9.53. The van der Waals surface area contributed by atoms with Crippen LogP contribution in [0.25, 0.3) is 0 Å². The third-order valence-corrected chi connectivity index (χ3v) is 4.62. The van der Waals surface area contributed by atoms with Gasteiger partial charge in [-0.3, -0.25) is 0 Å². The Hall–Kier alpha value is -3.04. The number of benzene rings is 2. The Morgan fingerprint density at radius 3 is 2.35 bits per heavy atom. The van der Waals surface area contributed by atoms with Gasteiger partial charge in [0.05, 0.1) is 21.9 Å². The molecule has 0 spiro atoms. The highest BCUT2D eigenvalue weighted by molar-refractivity contribution is 6.39.